The Labute approximate surface area is 176 Å². The highest BCUT2D eigenvalue weighted by Gasteiger charge is 2.26. The molecular weight excluding hydrogens is 382 g/mol. The number of hydrogen-bond acceptors (Lipinski definition) is 5. The number of phenolic OH excluding ortho intramolecular Hbond substituents is 1. The molecule has 0 amide bonds. The third-order valence-electron chi connectivity index (χ3n) is 5.28. The normalized spacial score (nSPS) is 16.1. The van der Waals surface area contributed by atoms with Crippen LogP contribution in [-0.4, -0.2) is 25.9 Å². The van der Waals surface area contributed by atoms with Gasteiger partial charge in [0.1, 0.15) is 17.2 Å². The summed E-state index contributed by atoms with van der Waals surface area (Å²) in [4.78, 5) is 3.51. The minimum absolute atomic E-state index is 0.270. The first kappa shape index (κ1) is 19.5. The molecule has 0 bridgehead atoms. The average Bonchev–Trinajstić information content (AvgIpc) is 2.94. The fraction of sp³-hybridized carbons (Fsp3) is 0.250. The Bertz CT molecular complexity index is 991. The molecule has 0 saturated heterocycles. The Morgan fingerprint density at radius 1 is 1.00 bits per heavy atom. The van der Waals surface area contributed by atoms with Crippen LogP contribution >= 0.6 is 11.8 Å². The molecule has 0 spiro atoms. The second-order valence-corrected chi connectivity index (χ2v) is 8.27. The standard InChI is InChI=1S/C24H25NO3S/c1-27-18-11-12-20-24(15-18)29-23(19-8-4-6-10-22(19)28-2)13-14-25(20)16-17-7-3-5-9-21(17)26/h3-12,15,23,26H,13-14,16H2,1-2H3. The van der Waals surface area contributed by atoms with Crippen molar-refractivity contribution in [3.8, 4) is 17.2 Å². The van der Waals surface area contributed by atoms with Crippen LogP contribution in [0.25, 0.3) is 0 Å². The zero-order chi connectivity index (χ0) is 20.2. The minimum Gasteiger partial charge on any atom is -0.508 e. The maximum Gasteiger partial charge on any atom is 0.123 e. The molecule has 1 aliphatic rings. The predicted octanol–water partition coefficient (Wildman–Crippen LogP) is 5.65. The number of hydrogen-bond donors (Lipinski definition) is 1. The lowest BCUT2D eigenvalue weighted by Crippen LogP contribution is -2.24. The van der Waals surface area contributed by atoms with Gasteiger partial charge in [-0.25, -0.2) is 0 Å². The lowest BCUT2D eigenvalue weighted by molar-refractivity contribution is 0.409. The number of benzene rings is 3. The third kappa shape index (κ3) is 4.15. The Morgan fingerprint density at radius 3 is 2.59 bits per heavy atom. The number of fused-ring (bicyclic) bond motifs is 1. The van der Waals surface area contributed by atoms with E-state index in [9.17, 15) is 5.11 Å². The van der Waals surface area contributed by atoms with Crippen molar-refractivity contribution in [1.29, 1.82) is 0 Å². The van der Waals surface area contributed by atoms with Crippen LogP contribution < -0.4 is 14.4 Å². The van der Waals surface area contributed by atoms with Crippen molar-refractivity contribution >= 4 is 17.4 Å². The highest BCUT2D eigenvalue weighted by atomic mass is 32.2. The first-order chi connectivity index (χ1) is 14.2. The maximum absolute atomic E-state index is 10.3. The molecule has 3 aromatic rings. The summed E-state index contributed by atoms with van der Waals surface area (Å²) in [5, 5.41) is 10.5. The van der Waals surface area contributed by atoms with Crippen LogP contribution in [-0.2, 0) is 6.54 Å². The maximum atomic E-state index is 10.3. The summed E-state index contributed by atoms with van der Waals surface area (Å²) in [5.41, 5.74) is 3.30. The van der Waals surface area contributed by atoms with Crippen LogP contribution in [0.2, 0.25) is 0 Å². The number of nitrogens with zero attached hydrogens (tertiary/aromatic N) is 1. The zero-order valence-electron chi connectivity index (χ0n) is 16.7. The van der Waals surface area contributed by atoms with Crippen LogP contribution in [0.5, 0.6) is 17.2 Å². The molecule has 4 rings (SSSR count). The SMILES string of the molecule is COc1ccc2c(c1)SC(c1ccccc1OC)CCN2Cc1ccccc1O. The van der Waals surface area contributed by atoms with Crippen molar-refractivity contribution in [3.05, 3.63) is 77.9 Å². The quantitative estimate of drug-likeness (QED) is 0.592. The molecule has 0 aliphatic carbocycles. The van der Waals surface area contributed by atoms with Crippen LogP contribution in [0.3, 0.4) is 0 Å². The van der Waals surface area contributed by atoms with Crippen molar-refractivity contribution in [1.82, 2.24) is 0 Å². The molecule has 1 unspecified atom stereocenters. The van der Waals surface area contributed by atoms with Crippen LogP contribution in [0, 0.1) is 0 Å². The molecule has 150 valence electrons. The van der Waals surface area contributed by atoms with Crippen LogP contribution in [0.1, 0.15) is 22.8 Å². The van der Waals surface area contributed by atoms with E-state index in [2.05, 4.69) is 29.2 Å². The van der Waals surface area contributed by atoms with Gasteiger partial charge in [0.2, 0.25) is 0 Å². The lowest BCUT2D eigenvalue weighted by atomic mass is 10.1. The van der Waals surface area contributed by atoms with Crippen molar-refractivity contribution < 1.29 is 14.6 Å². The number of aromatic hydroxyl groups is 1. The average molecular weight is 408 g/mol. The molecule has 4 nitrogen and oxygen atoms in total. The van der Waals surface area contributed by atoms with Crippen LogP contribution in [0.15, 0.2) is 71.6 Å². The molecule has 29 heavy (non-hydrogen) atoms. The Morgan fingerprint density at radius 2 is 1.79 bits per heavy atom. The summed E-state index contributed by atoms with van der Waals surface area (Å²) in [6.45, 7) is 1.54. The van der Waals surface area contributed by atoms with Crippen molar-refractivity contribution in [3.63, 3.8) is 0 Å². The van der Waals surface area contributed by atoms with Gasteiger partial charge >= 0.3 is 0 Å². The van der Waals surface area contributed by atoms with Gasteiger partial charge in [0, 0.05) is 34.4 Å². The van der Waals surface area contributed by atoms with Gasteiger partial charge in [-0.3, -0.25) is 0 Å². The van der Waals surface area contributed by atoms with E-state index in [4.69, 9.17) is 9.47 Å². The smallest absolute Gasteiger partial charge is 0.123 e. The molecular formula is C24H25NO3S. The molecule has 0 fully saturated rings. The Balaban J connectivity index is 1.71. The monoisotopic (exact) mass is 407 g/mol. The van der Waals surface area contributed by atoms with E-state index >= 15 is 0 Å². The molecule has 1 atom stereocenters. The largest absolute Gasteiger partial charge is 0.508 e. The van der Waals surface area contributed by atoms with Crippen LogP contribution in [0.4, 0.5) is 5.69 Å². The van der Waals surface area contributed by atoms with E-state index in [0.29, 0.717) is 12.3 Å². The summed E-state index contributed by atoms with van der Waals surface area (Å²) >= 11 is 1.84. The Kier molecular flexibility index (Phi) is 5.86. The first-order valence-corrected chi connectivity index (χ1v) is 10.6. The van der Waals surface area contributed by atoms with Gasteiger partial charge in [0.05, 0.1) is 19.9 Å². The third-order valence-corrected chi connectivity index (χ3v) is 6.63. The highest BCUT2D eigenvalue weighted by molar-refractivity contribution is 7.99. The predicted molar refractivity (Wildman–Crippen MR) is 118 cm³/mol. The number of thioether (sulfide) groups is 1. The number of methoxy groups -OCH3 is 2. The topological polar surface area (TPSA) is 41.9 Å². The first-order valence-electron chi connectivity index (χ1n) is 9.69. The molecule has 0 saturated carbocycles. The van der Waals surface area contributed by atoms with Gasteiger partial charge in [-0.15, -0.1) is 11.8 Å². The van der Waals surface area contributed by atoms with Gasteiger partial charge in [-0.05, 0) is 36.8 Å². The van der Waals surface area contributed by atoms with Gasteiger partial charge in [-0.2, -0.15) is 0 Å². The van der Waals surface area contributed by atoms with Gasteiger partial charge < -0.3 is 19.5 Å². The summed E-state index contributed by atoms with van der Waals surface area (Å²) in [7, 11) is 3.42. The number of ether oxygens (including phenoxy) is 2. The van der Waals surface area contributed by atoms with E-state index in [1.165, 1.54) is 10.5 Å². The van der Waals surface area contributed by atoms with E-state index < -0.39 is 0 Å². The van der Waals surface area contributed by atoms with Gasteiger partial charge in [0.25, 0.3) is 0 Å². The van der Waals surface area contributed by atoms with E-state index in [1.807, 2.05) is 48.2 Å². The summed E-state index contributed by atoms with van der Waals surface area (Å²) in [5.74, 6) is 2.10. The number of anilines is 1. The second-order valence-electron chi connectivity index (χ2n) is 7.02. The molecule has 1 heterocycles. The number of rotatable bonds is 5. The minimum atomic E-state index is 0.270. The van der Waals surface area contributed by atoms with Gasteiger partial charge in [-0.1, -0.05) is 36.4 Å². The van der Waals surface area contributed by atoms with E-state index in [1.54, 1.807) is 20.3 Å². The molecule has 0 radical (unpaired) electrons. The van der Waals surface area contributed by atoms with Crippen molar-refractivity contribution in [2.45, 2.75) is 23.1 Å². The highest BCUT2D eigenvalue weighted by Crippen LogP contribution is 2.48. The molecule has 1 aliphatic heterocycles. The fourth-order valence-electron chi connectivity index (χ4n) is 3.75. The molecule has 3 aromatic carbocycles. The summed E-state index contributed by atoms with van der Waals surface area (Å²) in [6.07, 6.45) is 0.968. The number of para-hydroxylation sites is 2. The molecule has 1 N–H and O–H groups in total. The fourth-order valence-corrected chi connectivity index (χ4v) is 5.10. The zero-order valence-corrected chi connectivity index (χ0v) is 17.5. The molecule has 5 heteroatoms. The van der Waals surface area contributed by atoms with Crippen molar-refractivity contribution in [2.75, 3.05) is 25.7 Å². The summed E-state index contributed by atoms with van der Waals surface area (Å²) < 4.78 is 11.1. The van der Waals surface area contributed by atoms with Gasteiger partial charge in [0.15, 0.2) is 0 Å². The second kappa shape index (κ2) is 8.70. The molecule has 0 aromatic heterocycles. The van der Waals surface area contributed by atoms with Crippen molar-refractivity contribution in [2.24, 2.45) is 0 Å². The lowest BCUT2D eigenvalue weighted by Gasteiger charge is -2.25. The summed E-state index contributed by atoms with van der Waals surface area (Å²) in [6, 6.07) is 22.0. The number of phenols is 1. The van der Waals surface area contributed by atoms with E-state index in [0.717, 1.165) is 35.7 Å². The Hall–Kier alpha value is -2.79. The van der Waals surface area contributed by atoms with E-state index in [-0.39, 0.29) is 5.25 Å².